The fraction of sp³-hybridized carbons (Fsp3) is 0.500. The van der Waals surface area contributed by atoms with Crippen LogP contribution in [0.2, 0.25) is 0 Å². The van der Waals surface area contributed by atoms with Crippen molar-refractivity contribution >= 4 is 16.9 Å². The van der Waals surface area contributed by atoms with E-state index in [-0.39, 0.29) is 0 Å². The molecule has 1 aliphatic heterocycles. The number of nitrogens with one attached hydrogen (secondary N) is 1. The van der Waals surface area contributed by atoms with Crippen LogP contribution in [0.15, 0.2) is 35.3 Å². The highest BCUT2D eigenvalue weighted by Gasteiger charge is 2.07. The van der Waals surface area contributed by atoms with Crippen LogP contribution in [0.4, 0.5) is 0 Å². The summed E-state index contributed by atoms with van der Waals surface area (Å²) in [5.41, 5.74) is 1.42. The highest BCUT2D eigenvalue weighted by Crippen LogP contribution is 2.18. The van der Waals surface area contributed by atoms with Crippen molar-refractivity contribution in [2.45, 2.75) is 25.7 Å². The maximum Gasteiger partial charge on any atom is 0.156 e. The summed E-state index contributed by atoms with van der Waals surface area (Å²) < 4.78 is 0. The smallest absolute Gasteiger partial charge is 0.156 e. The van der Waals surface area contributed by atoms with Gasteiger partial charge in [-0.05, 0) is 24.3 Å². The van der Waals surface area contributed by atoms with Gasteiger partial charge in [0.1, 0.15) is 0 Å². The number of benzene rings is 1. The zero-order chi connectivity index (χ0) is 11.9. The Morgan fingerprint density at radius 1 is 1.35 bits per heavy atom. The second kappa shape index (κ2) is 6.70. The molecule has 0 amide bonds. The number of thioether (sulfide) groups is 1. The van der Waals surface area contributed by atoms with Gasteiger partial charge in [0.15, 0.2) is 5.17 Å². The van der Waals surface area contributed by atoms with Gasteiger partial charge in [0.2, 0.25) is 0 Å². The molecule has 92 valence electrons. The summed E-state index contributed by atoms with van der Waals surface area (Å²) in [7, 11) is 0. The quantitative estimate of drug-likeness (QED) is 0.884. The molecule has 3 heteroatoms. The molecule has 0 saturated heterocycles. The normalized spacial score (nSPS) is 17.4. The molecule has 17 heavy (non-hydrogen) atoms. The Morgan fingerprint density at radius 2 is 2.18 bits per heavy atom. The minimum Gasteiger partial charge on any atom is -0.365 e. The summed E-state index contributed by atoms with van der Waals surface area (Å²) in [6.07, 6.45) is 2.37. The summed E-state index contributed by atoms with van der Waals surface area (Å²) in [6.45, 7) is 4.29. The van der Waals surface area contributed by atoms with Gasteiger partial charge in [0, 0.05) is 18.8 Å². The Labute approximate surface area is 108 Å². The van der Waals surface area contributed by atoms with Crippen LogP contribution in [0.1, 0.15) is 31.2 Å². The molecular formula is C14H20N2S. The second-order valence-corrected chi connectivity index (χ2v) is 5.50. The monoisotopic (exact) mass is 248 g/mol. The largest absolute Gasteiger partial charge is 0.365 e. The molecular weight excluding hydrogens is 228 g/mol. The van der Waals surface area contributed by atoms with Crippen LogP contribution in [-0.4, -0.2) is 24.0 Å². The maximum atomic E-state index is 4.47. The van der Waals surface area contributed by atoms with E-state index in [0.717, 1.165) is 24.7 Å². The van der Waals surface area contributed by atoms with E-state index in [2.05, 4.69) is 47.6 Å². The summed E-state index contributed by atoms with van der Waals surface area (Å²) in [5.74, 6) is 1.82. The predicted molar refractivity (Wildman–Crippen MR) is 76.9 cm³/mol. The van der Waals surface area contributed by atoms with Crippen LogP contribution in [0, 0.1) is 0 Å². The third-order valence-electron chi connectivity index (χ3n) is 3.02. The van der Waals surface area contributed by atoms with E-state index < -0.39 is 0 Å². The number of hydrogen-bond acceptors (Lipinski definition) is 3. The molecule has 1 N–H and O–H groups in total. The van der Waals surface area contributed by atoms with Crippen LogP contribution in [0.5, 0.6) is 0 Å². The van der Waals surface area contributed by atoms with Crippen LogP contribution < -0.4 is 5.32 Å². The minimum atomic E-state index is 0.609. The van der Waals surface area contributed by atoms with Crippen molar-refractivity contribution in [3.63, 3.8) is 0 Å². The van der Waals surface area contributed by atoms with Gasteiger partial charge in [-0.2, -0.15) is 0 Å². The number of nitrogens with zero attached hydrogens (tertiary/aromatic N) is 1. The number of hydrogen-bond donors (Lipinski definition) is 1. The molecule has 0 radical (unpaired) electrons. The Balaban J connectivity index is 1.73. The van der Waals surface area contributed by atoms with Crippen LogP contribution >= 0.6 is 11.8 Å². The average Bonchev–Trinajstić information content (AvgIpc) is 2.41. The van der Waals surface area contributed by atoms with E-state index >= 15 is 0 Å². The molecule has 0 fully saturated rings. The van der Waals surface area contributed by atoms with Gasteiger partial charge < -0.3 is 5.32 Å². The van der Waals surface area contributed by atoms with Gasteiger partial charge in [-0.25, -0.2) is 0 Å². The van der Waals surface area contributed by atoms with E-state index in [1.165, 1.54) is 17.7 Å². The highest BCUT2D eigenvalue weighted by atomic mass is 32.2. The first-order chi connectivity index (χ1) is 8.36. The molecule has 1 aliphatic rings. The van der Waals surface area contributed by atoms with Crippen molar-refractivity contribution in [1.29, 1.82) is 0 Å². The summed E-state index contributed by atoms with van der Waals surface area (Å²) >= 11 is 1.85. The molecule has 1 heterocycles. The number of rotatable bonds is 4. The third kappa shape index (κ3) is 4.08. The first kappa shape index (κ1) is 12.5. The van der Waals surface area contributed by atoms with Crippen molar-refractivity contribution < 1.29 is 0 Å². The zero-order valence-electron chi connectivity index (χ0n) is 10.4. The van der Waals surface area contributed by atoms with Gasteiger partial charge >= 0.3 is 0 Å². The average molecular weight is 248 g/mol. The Kier molecular flexibility index (Phi) is 4.92. The van der Waals surface area contributed by atoms with Crippen LogP contribution in [0.3, 0.4) is 0 Å². The van der Waals surface area contributed by atoms with Crippen LogP contribution in [-0.2, 0) is 0 Å². The van der Waals surface area contributed by atoms with Crippen molar-refractivity contribution in [2.75, 3.05) is 18.8 Å². The topological polar surface area (TPSA) is 24.4 Å². The minimum absolute atomic E-state index is 0.609. The third-order valence-corrected chi connectivity index (χ3v) is 4.06. The van der Waals surface area contributed by atoms with Crippen LogP contribution in [0.25, 0.3) is 0 Å². The second-order valence-electron chi connectivity index (χ2n) is 4.42. The van der Waals surface area contributed by atoms with Crippen molar-refractivity contribution in [3.05, 3.63) is 35.9 Å². The molecule has 1 aromatic carbocycles. The first-order valence-corrected chi connectivity index (χ1v) is 7.31. The van der Waals surface area contributed by atoms with Gasteiger partial charge in [-0.3, -0.25) is 4.99 Å². The molecule has 0 bridgehead atoms. The molecule has 1 aromatic rings. The van der Waals surface area contributed by atoms with E-state index in [4.69, 9.17) is 0 Å². The molecule has 0 spiro atoms. The van der Waals surface area contributed by atoms with Gasteiger partial charge in [-0.15, -0.1) is 0 Å². The Morgan fingerprint density at radius 3 is 2.88 bits per heavy atom. The van der Waals surface area contributed by atoms with Gasteiger partial charge in [-0.1, -0.05) is 49.0 Å². The van der Waals surface area contributed by atoms with E-state index in [0.29, 0.717) is 5.92 Å². The molecule has 1 unspecified atom stereocenters. The molecule has 0 aliphatic carbocycles. The lowest BCUT2D eigenvalue weighted by Crippen LogP contribution is -2.25. The fourth-order valence-corrected chi connectivity index (χ4v) is 2.76. The number of amidine groups is 1. The SMILES string of the molecule is CC(CCNC1=NCCCS1)c1ccccc1. The summed E-state index contributed by atoms with van der Waals surface area (Å²) in [5, 5.41) is 4.57. The predicted octanol–water partition coefficient (Wildman–Crippen LogP) is 3.26. The lowest BCUT2D eigenvalue weighted by molar-refractivity contribution is 0.662. The van der Waals surface area contributed by atoms with E-state index in [1.54, 1.807) is 0 Å². The Bertz CT molecular complexity index is 362. The summed E-state index contributed by atoms with van der Waals surface area (Å²) in [6, 6.07) is 10.7. The van der Waals surface area contributed by atoms with E-state index in [1.807, 2.05) is 11.8 Å². The molecule has 1 atom stereocenters. The first-order valence-electron chi connectivity index (χ1n) is 6.32. The van der Waals surface area contributed by atoms with Crippen molar-refractivity contribution in [3.8, 4) is 0 Å². The number of aliphatic imine (C=N–C) groups is 1. The lowest BCUT2D eigenvalue weighted by atomic mass is 9.98. The fourth-order valence-electron chi connectivity index (χ4n) is 1.91. The lowest BCUT2D eigenvalue weighted by Gasteiger charge is -2.15. The van der Waals surface area contributed by atoms with E-state index in [9.17, 15) is 0 Å². The Hall–Kier alpha value is -0.960. The molecule has 0 aromatic heterocycles. The van der Waals surface area contributed by atoms with Crippen molar-refractivity contribution in [1.82, 2.24) is 5.32 Å². The summed E-state index contributed by atoms with van der Waals surface area (Å²) in [4.78, 5) is 4.47. The highest BCUT2D eigenvalue weighted by molar-refractivity contribution is 8.13. The van der Waals surface area contributed by atoms with Crippen molar-refractivity contribution in [2.24, 2.45) is 4.99 Å². The maximum absolute atomic E-state index is 4.47. The standard InChI is InChI=1S/C14H20N2S/c1-12(13-6-3-2-4-7-13)8-10-16-14-15-9-5-11-17-14/h2-4,6-7,12H,5,8-11H2,1H3,(H,15,16). The van der Waals surface area contributed by atoms with Gasteiger partial charge in [0.05, 0.1) is 0 Å². The molecule has 2 rings (SSSR count). The molecule has 0 saturated carbocycles. The van der Waals surface area contributed by atoms with Gasteiger partial charge in [0.25, 0.3) is 0 Å². The molecule has 2 nitrogen and oxygen atoms in total. The zero-order valence-corrected chi connectivity index (χ0v) is 11.2.